The highest BCUT2D eigenvalue weighted by Gasteiger charge is 2.22. The second-order valence-corrected chi connectivity index (χ2v) is 7.01. The van der Waals surface area contributed by atoms with E-state index in [4.69, 9.17) is 4.74 Å². The first-order chi connectivity index (χ1) is 8.84. The monoisotopic (exact) mass is 327 g/mol. The molecule has 0 spiro atoms. The lowest BCUT2D eigenvalue weighted by Gasteiger charge is -2.28. The maximum absolute atomic E-state index is 5.57. The molecular formula is C14H22BrN3O. The smallest absolute Gasteiger partial charge is 0.137 e. The van der Waals surface area contributed by atoms with Crippen LogP contribution in [0.15, 0.2) is 10.7 Å². The summed E-state index contributed by atoms with van der Waals surface area (Å²) in [4.78, 5) is 9.08. The van der Waals surface area contributed by atoms with E-state index in [0.29, 0.717) is 12.1 Å². The van der Waals surface area contributed by atoms with Crippen molar-refractivity contribution in [3.63, 3.8) is 0 Å². The molecule has 1 N–H and O–H groups in total. The van der Waals surface area contributed by atoms with E-state index in [1.807, 2.05) is 6.07 Å². The minimum Gasteiger partial charge on any atom is -0.378 e. The van der Waals surface area contributed by atoms with Crippen LogP contribution in [0.25, 0.3) is 0 Å². The SMILES string of the molecule is CC1CC(Nc2cc(Br)nc(C(C)(C)C)n2)CCO1. The highest BCUT2D eigenvalue weighted by Crippen LogP contribution is 2.24. The Morgan fingerprint density at radius 1 is 1.37 bits per heavy atom. The average molecular weight is 328 g/mol. The van der Waals surface area contributed by atoms with Crippen LogP contribution in [0.4, 0.5) is 5.82 Å². The Labute approximate surface area is 123 Å². The Bertz CT molecular complexity index is 445. The fraction of sp³-hybridized carbons (Fsp3) is 0.714. The number of ether oxygens (including phenoxy) is 1. The van der Waals surface area contributed by atoms with Gasteiger partial charge in [0.2, 0.25) is 0 Å². The largest absolute Gasteiger partial charge is 0.378 e. The molecule has 1 aliphatic heterocycles. The lowest BCUT2D eigenvalue weighted by atomic mass is 9.96. The van der Waals surface area contributed by atoms with Gasteiger partial charge in [-0.15, -0.1) is 0 Å². The highest BCUT2D eigenvalue weighted by atomic mass is 79.9. The van der Waals surface area contributed by atoms with Crippen molar-refractivity contribution in [1.82, 2.24) is 9.97 Å². The number of nitrogens with zero attached hydrogens (tertiary/aromatic N) is 2. The molecule has 1 fully saturated rings. The molecule has 106 valence electrons. The van der Waals surface area contributed by atoms with Gasteiger partial charge in [0.05, 0.1) is 6.10 Å². The lowest BCUT2D eigenvalue weighted by Crippen LogP contribution is -2.33. The van der Waals surface area contributed by atoms with Gasteiger partial charge in [-0.05, 0) is 35.7 Å². The zero-order valence-electron chi connectivity index (χ0n) is 12.0. The minimum absolute atomic E-state index is 0.0524. The zero-order chi connectivity index (χ0) is 14.0. The van der Waals surface area contributed by atoms with E-state index >= 15 is 0 Å². The molecule has 19 heavy (non-hydrogen) atoms. The molecular weight excluding hydrogens is 306 g/mol. The van der Waals surface area contributed by atoms with Gasteiger partial charge in [0.15, 0.2) is 0 Å². The van der Waals surface area contributed by atoms with Crippen LogP contribution in [0.1, 0.15) is 46.4 Å². The summed E-state index contributed by atoms with van der Waals surface area (Å²) in [6.07, 6.45) is 2.36. The van der Waals surface area contributed by atoms with Gasteiger partial charge in [0.1, 0.15) is 16.2 Å². The van der Waals surface area contributed by atoms with E-state index in [-0.39, 0.29) is 5.41 Å². The third-order valence-electron chi connectivity index (χ3n) is 3.20. The zero-order valence-corrected chi connectivity index (χ0v) is 13.6. The molecule has 1 aromatic rings. The maximum atomic E-state index is 5.57. The van der Waals surface area contributed by atoms with E-state index in [0.717, 1.165) is 35.7 Å². The number of halogens is 1. The number of hydrogen-bond acceptors (Lipinski definition) is 4. The first-order valence-electron chi connectivity index (χ1n) is 6.78. The fourth-order valence-corrected chi connectivity index (χ4v) is 2.55. The summed E-state index contributed by atoms with van der Waals surface area (Å²) in [6, 6.07) is 2.37. The van der Waals surface area contributed by atoms with E-state index < -0.39 is 0 Å². The molecule has 0 amide bonds. The number of nitrogens with one attached hydrogen (secondary N) is 1. The molecule has 5 heteroatoms. The van der Waals surface area contributed by atoms with E-state index in [9.17, 15) is 0 Å². The molecule has 1 saturated heterocycles. The predicted molar refractivity (Wildman–Crippen MR) is 80.5 cm³/mol. The van der Waals surface area contributed by atoms with Gasteiger partial charge in [0.25, 0.3) is 0 Å². The Hall–Kier alpha value is -0.680. The Balaban J connectivity index is 2.14. The quantitative estimate of drug-likeness (QED) is 0.844. The van der Waals surface area contributed by atoms with Gasteiger partial charge in [-0.1, -0.05) is 20.8 Å². The first-order valence-corrected chi connectivity index (χ1v) is 7.57. The molecule has 2 heterocycles. The standard InChI is InChI=1S/C14H22BrN3O/c1-9-7-10(5-6-19-9)16-12-8-11(15)17-13(18-12)14(2,3)4/h8-10H,5-7H2,1-4H3,(H,16,17,18). The summed E-state index contributed by atoms with van der Waals surface area (Å²) < 4.78 is 6.39. The van der Waals surface area contributed by atoms with Gasteiger partial charge in [-0.25, -0.2) is 9.97 Å². The maximum Gasteiger partial charge on any atom is 0.137 e. The van der Waals surface area contributed by atoms with Gasteiger partial charge in [-0.3, -0.25) is 0 Å². The van der Waals surface area contributed by atoms with Crippen molar-refractivity contribution in [3.8, 4) is 0 Å². The molecule has 0 saturated carbocycles. The topological polar surface area (TPSA) is 47.0 Å². The van der Waals surface area contributed by atoms with Crippen molar-refractivity contribution in [1.29, 1.82) is 0 Å². The molecule has 0 aliphatic carbocycles. The molecule has 2 rings (SSSR count). The van der Waals surface area contributed by atoms with Crippen molar-refractivity contribution >= 4 is 21.7 Å². The summed E-state index contributed by atoms with van der Waals surface area (Å²) in [5.74, 6) is 1.75. The predicted octanol–water partition coefficient (Wildman–Crippen LogP) is 3.52. The average Bonchev–Trinajstić information content (AvgIpc) is 2.26. The van der Waals surface area contributed by atoms with Crippen LogP contribution in [-0.4, -0.2) is 28.7 Å². The third kappa shape index (κ3) is 4.14. The van der Waals surface area contributed by atoms with Crippen LogP contribution < -0.4 is 5.32 Å². The molecule has 1 aromatic heterocycles. The molecule has 1 aliphatic rings. The summed E-state index contributed by atoms with van der Waals surface area (Å²) >= 11 is 3.47. The minimum atomic E-state index is -0.0524. The third-order valence-corrected chi connectivity index (χ3v) is 3.61. The summed E-state index contributed by atoms with van der Waals surface area (Å²) in [5, 5.41) is 3.50. The van der Waals surface area contributed by atoms with E-state index in [2.05, 4.69) is 58.9 Å². The lowest BCUT2D eigenvalue weighted by molar-refractivity contribution is 0.0231. The number of aromatic nitrogens is 2. The Morgan fingerprint density at radius 2 is 2.11 bits per heavy atom. The van der Waals surface area contributed by atoms with Crippen LogP contribution in [-0.2, 0) is 10.2 Å². The summed E-state index contributed by atoms with van der Waals surface area (Å²) in [5.41, 5.74) is -0.0524. The molecule has 0 aromatic carbocycles. The number of anilines is 1. The molecule has 2 unspecified atom stereocenters. The fourth-order valence-electron chi connectivity index (χ4n) is 2.17. The van der Waals surface area contributed by atoms with Crippen molar-refractivity contribution in [2.75, 3.05) is 11.9 Å². The van der Waals surface area contributed by atoms with Gasteiger partial charge in [0, 0.05) is 24.1 Å². The van der Waals surface area contributed by atoms with Gasteiger partial charge >= 0.3 is 0 Å². The van der Waals surface area contributed by atoms with Crippen molar-refractivity contribution in [2.24, 2.45) is 0 Å². The molecule has 0 radical (unpaired) electrons. The Morgan fingerprint density at radius 3 is 2.74 bits per heavy atom. The van der Waals surface area contributed by atoms with Crippen LogP contribution >= 0.6 is 15.9 Å². The van der Waals surface area contributed by atoms with Crippen molar-refractivity contribution in [3.05, 3.63) is 16.5 Å². The van der Waals surface area contributed by atoms with Gasteiger partial charge in [-0.2, -0.15) is 0 Å². The van der Waals surface area contributed by atoms with Gasteiger partial charge < -0.3 is 10.1 Å². The highest BCUT2D eigenvalue weighted by molar-refractivity contribution is 9.10. The number of rotatable bonds is 2. The normalized spacial score (nSPS) is 24.3. The van der Waals surface area contributed by atoms with Crippen molar-refractivity contribution < 1.29 is 4.74 Å². The van der Waals surface area contributed by atoms with Crippen LogP contribution in [0, 0.1) is 0 Å². The summed E-state index contributed by atoms with van der Waals surface area (Å²) in [7, 11) is 0. The van der Waals surface area contributed by atoms with E-state index in [1.165, 1.54) is 0 Å². The Kier molecular flexibility index (Phi) is 4.46. The van der Waals surface area contributed by atoms with Crippen LogP contribution in [0.3, 0.4) is 0 Å². The molecule has 4 nitrogen and oxygen atoms in total. The second kappa shape index (κ2) is 5.75. The summed E-state index contributed by atoms with van der Waals surface area (Å²) in [6.45, 7) is 9.29. The second-order valence-electron chi connectivity index (χ2n) is 6.20. The van der Waals surface area contributed by atoms with Crippen LogP contribution in [0.2, 0.25) is 0 Å². The van der Waals surface area contributed by atoms with Crippen LogP contribution in [0.5, 0.6) is 0 Å². The molecule has 2 atom stereocenters. The van der Waals surface area contributed by atoms with E-state index in [1.54, 1.807) is 0 Å². The molecule has 0 bridgehead atoms. The van der Waals surface area contributed by atoms with Crippen molar-refractivity contribution in [2.45, 2.75) is 58.1 Å². The number of hydrogen-bond donors (Lipinski definition) is 1. The first kappa shape index (κ1) is 14.7.